The average Bonchev–Trinajstić information content (AvgIpc) is 2.67. The summed E-state index contributed by atoms with van der Waals surface area (Å²) in [4.78, 5) is 10.6. The third-order valence-corrected chi connectivity index (χ3v) is 4.57. The molecular weight excluding hydrogens is 341 g/mol. The number of benzene rings is 1. The number of piperazine rings is 1. The lowest BCUT2D eigenvalue weighted by Gasteiger charge is -2.28. The molecule has 134 valence electrons. The van der Waals surface area contributed by atoms with Gasteiger partial charge in [-0.3, -0.25) is 4.98 Å². The van der Waals surface area contributed by atoms with Crippen molar-refractivity contribution in [1.82, 2.24) is 15.3 Å². The first-order valence-corrected chi connectivity index (χ1v) is 8.41. The molecule has 0 radical (unpaired) electrons. The fourth-order valence-corrected chi connectivity index (χ4v) is 3.31. The van der Waals surface area contributed by atoms with Gasteiger partial charge in [0.2, 0.25) is 0 Å². The van der Waals surface area contributed by atoms with Crippen molar-refractivity contribution in [1.29, 1.82) is 0 Å². The first-order valence-electron chi connectivity index (χ1n) is 8.41. The van der Waals surface area contributed by atoms with Crippen molar-refractivity contribution in [2.24, 2.45) is 0 Å². The number of fused-ring (bicyclic) bond motifs is 1. The van der Waals surface area contributed by atoms with Gasteiger partial charge in [-0.1, -0.05) is 12.1 Å². The maximum atomic E-state index is 13.3. The van der Waals surface area contributed by atoms with Crippen LogP contribution in [0.1, 0.15) is 5.56 Å². The summed E-state index contributed by atoms with van der Waals surface area (Å²) in [5.41, 5.74) is 0.811. The highest BCUT2D eigenvalue weighted by Gasteiger charge is 2.33. The van der Waals surface area contributed by atoms with Gasteiger partial charge in [0.05, 0.1) is 11.1 Å². The normalized spacial score (nSPS) is 15.4. The molecule has 0 bridgehead atoms. The number of aromatic nitrogens is 2. The van der Waals surface area contributed by atoms with E-state index in [2.05, 4.69) is 20.2 Å². The van der Waals surface area contributed by atoms with Crippen molar-refractivity contribution in [2.75, 3.05) is 31.1 Å². The molecule has 1 aliphatic heterocycles. The number of anilines is 1. The smallest absolute Gasteiger partial charge is 0.354 e. The summed E-state index contributed by atoms with van der Waals surface area (Å²) in [5, 5.41) is 3.78. The predicted molar refractivity (Wildman–Crippen MR) is 95.1 cm³/mol. The van der Waals surface area contributed by atoms with Gasteiger partial charge in [0, 0.05) is 44.0 Å². The third-order valence-electron chi connectivity index (χ3n) is 4.57. The van der Waals surface area contributed by atoms with Gasteiger partial charge >= 0.3 is 6.18 Å². The fraction of sp³-hybridized carbons (Fsp3) is 0.263. The van der Waals surface area contributed by atoms with E-state index >= 15 is 0 Å². The summed E-state index contributed by atoms with van der Waals surface area (Å²) in [6.07, 6.45) is -1.35. The minimum atomic E-state index is -4.44. The monoisotopic (exact) mass is 358 g/mol. The Morgan fingerprint density at radius 3 is 2.54 bits per heavy atom. The van der Waals surface area contributed by atoms with Gasteiger partial charge in [-0.15, -0.1) is 0 Å². The molecule has 1 fully saturated rings. The minimum absolute atomic E-state index is 0.0296. The summed E-state index contributed by atoms with van der Waals surface area (Å²) < 4.78 is 39.9. The van der Waals surface area contributed by atoms with Crippen LogP contribution in [0, 0.1) is 0 Å². The molecule has 2 aromatic heterocycles. The Hall–Kier alpha value is -2.67. The molecule has 1 N–H and O–H groups in total. The lowest BCUT2D eigenvalue weighted by molar-refractivity contribution is -0.136. The van der Waals surface area contributed by atoms with Crippen LogP contribution in [0.5, 0.6) is 0 Å². The summed E-state index contributed by atoms with van der Waals surface area (Å²) in [6, 6.07) is 9.71. The van der Waals surface area contributed by atoms with Crippen LogP contribution in [-0.2, 0) is 6.18 Å². The zero-order valence-electron chi connectivity index (χ0n) is 13.9. The van der Waals surface area contributed by atoms with Gasteiger partial charge in [0.1, 0.15) is 5.82 Å². The van der Waals surface area contributed by atoms with Gasteiger partial charge in [-0.2, -0.15) is 13.2 Å². The van der Waals surface area contributed by atoms with Gasteiger partial charge in [-0.25, -0.2) is 4.98 Å². The molecule has 0 amide bonds. The highest BCUT2D eigenvalue weighted by atomic mass is 19.4. The van der Waals surface area contributed by atoms with Gasteiger partial charge in [-0.05, 0) is 35.4 Å². The zero-order chi connectivity index (χ0) is 18.1. The second-order valence-electron chi connectivity index (χ2n) is 6.20. The van der Waals surface area contributed by atoms with Crippen molar-refractivity contribution in [3.8, 4) is 11.1 Å². The van der Waals surface area contributed by atoms with Crippen molar-refractivity contribution >= 4 is 16.7 Å². The van der Waals surface area contributed by atoms with Gasteiger partial charge in [0.25, 0.3) is 0 Å². The Morgan fingerprint density at radius 1 is 0.962 bits per heavy atom. The quantitative estimate of drug-likeness (QED) is 0.758. The Labute approximate surface area is 148 Å². The standard InChI is InChI=1S/C19H17F3N4/c20-19(21,22)16-4-3-14(15-2-1-6-25-18(15)16)13-5-7-24-17(12-13)26-10-8-23-9-11-26/h1-7,12,23H,8-11H2. The maximum absolute atomic E-state index is 13.3. The molecule has 4 nitrogen and oxygen atoms in total. The second kappa shape index (κ2) is 6.57. The van der Waals surface area contributed by atoms with Crippen LogP contribution < -0.4 is 10.2 Å². The zero-order valence-corrected chi connectivity index (χ0v) is 13.9. The van der Waals surface area contributed by atoms with E-state index in [9.17, 15) is 13.2 Å². The largest absolute Gasteiger partial charge is 0.418 e. The van der Waals surface area contributed by atoms with Crippen LogP contribution >= 0.6 is 0 Å². The Bertz CT molecular complexity index is 933. The molecule has 3 aromatic rings. The molecule has 0 atom stereocenters. The summed E-state index contributed by atoms with van der Waals surface area (Å²) in [6.45, 7) is 3.48. The molecule has 0 unspecified atom stereocenters. The summed E-state index contributed by atoms with van der Waals surface area (Å²) in [7, 11) is 0. The van der Waals surface area contributed by atoms with Crippen molar-refractivity contribution in [2.45, 2.75) is 6.18 Å². The molecular formula is C19H17F3N4. The number of halogens is 3. The molecule has 7 heteroatoms. The van der Waals surface area contributed by atoms with E-state index in [0.717, 1.165) is 49.2 Å². The Balaban J connectivity index is 1.83. The minimum Gasteiger partial charge on any atom is -0.354 e. The van der Waals surface area contributed by atoms with Crippen LogP contribution in [0.2, 0.25) is 0 Å². The number of alkyl halides is 3. The highest BCUT2D eigenvalue weighted by molar-refractivity contribution is 5.96. The lowest BCUT2D eigenvalue weighted by Crippen LogP contribution is -2.43. The predicted octanol–water partition coefficient (Wildman–Crippen LogP) is 3.73. The number of hydrogen-bond donors (Lipinski definition) is 1. The van der Waals surface area contributed by atoms with Crippen LogP contribution in [-0.4, -0.2) is 36.1 Å². The van der Waals surface area contributed by atoms with E-state index in [1.807, 2.05) is 12.1 Å². The SMILES string of the molecule is FC(F)(F)c1ccc(-c2ccnc(N3CCNCC3)c2)c2cccnc12. The van der Waals surface area contributed by atoms with Crippen molar-refractivity contribution in [3.63, 3.8) is 0 Å². The number of pyridine rings is 2. The lowest BCUT2D eigenvalue weighted by atomic mass is 9.98. The molecule has 3 heterocycles. The van der Waals surface area contributed by atoms with Gasteiger partial charge < -0.3 is 10.2 Å². The molecule has 1 saturated heterocycles. The molecule has 4 rings (SSSR count). The van der Waals surface area contributed by atoms with Crippen molar-refractivity contribution < 1.29 is 13.2 Å². The highest BCUT2D eigenvalue weighted by Crippen LogP contribution is 2.38. The number of hydrogen-bond acceptors (Lipinski definition) is 4. The second-order valence-corrected chi connectivity index (χ2v) is 6.20. The van der Waals surface area contributed by atoms with E-state index < -0.39 is 11.7 Å². The molecule has 0 aliphatic carbocycles. The number of nitrogens with zero attached hydrogens (tertiary/aromatic N) is 3. The number of nitrogens with one attached hydrogen (secondary N) is 1. The first kappa shape index (κ1) is 16.8. The van der Waals surface area contributed by atoms with Crippen LogP contribution in [0.3, 0.4) is 0 Å². The van der Waals surface area contributed by atoms with Crippen LogP contribution in [0.4, 0.5) is 19.0 Å². The molecule has 1 aliphatic rings. The maximum Gasteiger partial charge on any atom is 0.418 e. The molecule has 1 aromatic carbocycles. The fourth-order valence-electron chi connectivity index (χ4n) is 3.31. The summed E-state index contributed by atoms with van der Waals surface area (Å²) in [5.74, 6) is 0.834. The molecule has 0 spiro atoms. The third kappa shape index (κ3) is 3.10. The Kier molecular flexibility index (Phi) is 4.24. The summed E-state index contributed by atoms with van der Waals surface area (Å²) >= 11 is 0. The average molecular weight is 358 g/mol. The molecule has 0 saturated carbocycles. The van der Waals surface area contributed by atoms with Crippen LogP contribution in [0.15, 0.2) is 48.8 Å². The van der Waals surface area contributed by atoms with Crippen molar-refractivity contribution in [3.05, 3.63) is 54.4 Å². The van der Waals surface area contributed by atoms with E-state index in [1.165, 1.54) is 12.3 Å². The number of rotatable bonds is 2. The molecule has 26 heavy (non-hydrogen) atoms. The van der Waals surface area contributed by atoms with E-state index in [4.69, 9.17) is 0 Å². The van der Waals surface area contributed by atoms with E-state index in [0.29, 0.717) is 5.39 Å². The van der Waals surface area contributed by atoms with E-state index in [1.54, 1.807) is 18.3 Å². The van der Waals surface area contributed by atoms with E-state index in [-0.39, 0.29) is 5.52 Å². The van der Waals surface area contributed by atoms with Gasteiger partial charge in [0.15, 0.2) is 0 Å². The van der Waals surface area contributed by atoms with Crippen LogP contribution in [0.25, 0.3) is 22.0 Å². The first-order chi connectivity index (χ1) is 12.5. The topological polar surface area (TPSA) is 41.1 Å². The Morgan fingerprint density at radius 2 is 1.77 bits per heavy atom.